The minimum absolute atomic E-state index is 0.0532. The highest BCUT2D eigenvalue weighted by atomic mass is 16.5. The average molecular weight is 451 g/mol. The van der Waals surface area contributed by atoms with Gasteiger partial charge in [0.15, 0.2) is 6.23 Å². The van der Waals surface area contributed by atoms with Crippen molar-refractivity contribution in [2.45, 2.75) is 69.7 Å². The predicted octanol–water partition coefficient (Wildman–Crippen LogP) is 3.02. The third-order valence-electron chi connectivity index (χ3n) is 10.2. The molecule has 0 aromatic heterocycles. The lowest BCUT2D eigenvalue weighted by molar-refractivity contribution is -0.137. The molecule has 2 amide bonds. The number of carbonyl (C=O) groups excluding carboxylic acids is 2. The first-order chi connectivity index (χ1) is 16.0. The van der Waals surface area contributed by atoms with Gasteiger partial charge in [0.05, 0.1) is 25.3 Å². The molecule has 6 nitrogen and oxygen atoms in total. The van der Waals surface area contributed by atoms with Crippen molar-refractivity contribution in [2.75, 3.05) is 13.2 Å². The van der Waals surface area contributed by atoms with Crippen LogP contribution in [0.4, 0.5) is 0 Å². The Morgan fingerprint density at radius 2 is 1.61 bits per heavy atom. The molecule has 0 radical (unpaired) electrons. The van der Waals surface area contributed by atoms with Crippen molar-refractivity contribution in [3.63, 3.8) is 0 Å². The Bertz CT molecular complexity index is 972. The largest absolute Gasteiger partial charge is 0.394 e. The van der Waals surface area contributed by atoms with E-state index in [2.05, 4.69) is 22.3 Å². The summed E-state index contributed by atoms with van der Waals surface area (Å²) in [5.74, 6) is 2.04. The Hall–Kier alpha value is -1.92. The molecule has 3 heterocycles. The lowest BCUT2D eigenvalue weighted by Gasteiger charge is -2.25. The van der Waals surface area contributed by atoms with E-state index in [0.717, 1.165) is 25.0 Å². The summed E-state index contributed by atoms with van der Waals surface area (Å²) in [4.78, 5) is 26.4. The van der Waals surface area contributed by atoms with E-state index < -0.39 is 0 Å². The normalized spacial score (nSPS) is 42.1. The zero-order chi connectivity index (χ0) is 22.4. The molecule has 2 N–H and O–H groups in total. The molecule has 176 valence electrons. The third-order valence-corrected chi connectivity index (χ3v) is 10.2. The molecule has 6 heteroatoms. The highest BCUT2D eigenvalue weighted by molar-refractivity contribution is 5.83. The fraction of sp³-hybridized carbons (Fsp3) is 0.704. The van der Waals surface area contributed by atoms with Crippen LogP contribution in [0, 0.1) is 34.5 Å². The molecule has 1 aromatic rings. The zero-order valence-electron chi connectivity index (χ0n) is 19.1. The minimum atomic E-state index is -0.144. The molecule has 7 fully saturated rings. The molecule has 7 atom stereocenters. The fourth-order valence-electron chi connectivity index (χ4n) is 8.02. The van der Waals surface area contributed by atoms with Gasteiger partial charge in [-0.2, -0.15) is 0 Å². The summed E-state index contributed by atoms with van der Waals surface area (Å²) in [7, 11) is 0. The summed E-state index contributed by atoms with van der Waals surface area (Å²) in [6.07, 6.45) is 9.83. The molecule has 4 aliphatic carbocycles. The lowest BCUT2D eigenvalue weighted by atomic mass is 9.94. The Morgan fingerprint density at radius 3 is 2.27 bits per heavy atom. The summed E-state index contributed by atoms with van der Waals surface area (Å²) in [6.45, 7) is 0.839. The van der Waals surface area contributed by atoms with Gasteiger partial charge >= 0.3 is 0 Å². The summed E-state index contributed by atoms with van der Waals surface area (Å²) in [5, 5.41) is 12.0. The molecule has 3 aliphatic heterocycles. The molecular formula is C27H34N2O4. The van der Waals surface area contributed by atoms with Crippen molar-refractivity contribution in [3.05, 3.63) is 35.9 Å². The maximum absolute atomic E-state index is 12.8. The van der Waals surface area contributed by atoms with Gasteiger partial charge in [0, 0.05) is 17.4 Å². The van der Waals surface area contributed by atoms with Crippen LogP contribution in [0.3, 0.4) is 0 Å². The minimum Gasteiger partial charge on any atom is -0.394 e. The van der Waals surface area contributed by atoms with Crippen LogP contribution in [0.2, 0.25) is 0 Å². The Labute approximate surface area is 195 Å². The highest BCUT2D eigenvalue weighted by Gasteiger charge is 2.64. The first-order valence-electron chi connectivity index (χ1n) is 12.9. The number of aliphatic hydroxyl groups excluding tert-OH is 1. The number of nitrogens with one attached hydrogen (secondary N) is 1. The van der Waals surface area contributed by atoms with Gasteiger partial charge in [0.1, 0.15) is 0 Å². The Balaban J connectivity index is 0.000000127. The number of rotatable bonds is 2. The van der Waals surface area contributed by atoms with Gasteiger partial charge in [-0.15, -0.1) is 0 Å². The van der Waals surface area contributed by atoms with Crippen molar-refractivity contribution in [1.82, 2.24) is 10.2 Å². The topological polar surface area (TPSA) is 78.9 Å². The predicted molar refractivity (Wildman–Crippen MR) is 121 cm³/mol. The van der Waals surface area contributed by atoms with Crippen LogP contribution in [0.25, 0.3) is 0 Å². The van der Waals surface area contributed by atoms with Crippen molar-refractivity contribution in [2.24, 2.45) is 34.5 Å². The molecule has 8 rings (SSSR count). The van der Waals surface area contributed by atoms with Crippen LogP contribution in [0.5, 0.6) is 0 Å². The van der Waals surface area contributed by atoms with Crippen LogP contribution in [-0.2, 0) is 14.3 Å². The van der Waals surface area contributed by atoms with Crippen LogP contribution >= 0.6 is 0 Å². The van der Waals surface area contributed by atoms with Crippen LogP contribution in [0.1, 0.15) is 63.2 Å². The van der Waals surface area contributed by atoms with Crippen molar-refractivity contribution >= 4 is 11.8 Å². The van der Waals surface area contributed by atoms with Crippen molar-refractivity contribution < 1.29 is 19.4 Å². The van der Waals surface area contributed by atoms with E-state index in [9.17, 15) is 9.59 Å². The number of benzene rings is 1. The standard InChI is InChI=1S/C17H19NO2.C10H15NO2/c19-15-13-9-17(6-7-17)8-12(13)14-10-20-16(18(14)15)11-4-2-1-3-5-11;12-5-8-6-3-10(1-2-10)4-7(6)9(13)11-8/h1-5,12-14,16H,6-10H2;6-8,12H,1-5H2,(H,11,13)/t12-,13?,14?,16?;6-,7?,8+/m00/s1. The average Bonchev–Trinajstić information content (AvgIpc) is 3.47. The molecule has 3 saturated heterocycles. The van der Waals surface area contributed by atoms with E-state index in [4.69, 9.17) is 9.84 Å². The molecule has 1 aromatic carbocycles. The van der Waals surface area contributed by atoms with E-state index >= 15 is 0 Å². The first-order valence-corrected chi connectivity index (χ1v) is 12.9. The number of aliphatic hydroxyl groups is 1. The third kappa shape index (κ3) is 3.13. The molecule has 33 heavy (non-hydrogen) atoms. The number of amides is 2. The van der Waals surface area contributed by atoms with E-state index in [-0.39, 0.29) is 36.6 Å². The number of hydrogen-bond donors (Lipinski definition) is 2. The van der Waals surface area contributed by atoms with Gasteiger partial charge in [-0.1, -0.05) is 30.3 Å². The zero-order valence-corrected chi connectivity index (χ0v) is 19.1. The first kappa shape index (κ1) is 20.5. The van der Waals surface area contributed by atoms with Gasteiger partial charge < -0.3 is 20.1 Å². The van der Waals surface area contributed by atoms with Gasteiger partial charge in [-0.25, -0.2) is 0 Å². The SMILES string of the molecule is O=C1C2CC3(CC3)C[C@@H]2C2COC(c3ccccc3)N12.O=C1N[C@H](CO)[C@H]2CC3(CC3)CC12. The Kier molecular flexibility index (Phi) is 4.37. The number of carbonyl (C=O) groups is 2. The number of hydrogen-bond acceptors (Lipinski definition) is 4. The van der Waals surface area contributed by atoms with E-state index in [0.29, 0.717) is 34.6 Å². The number of fused-ring (bicyclic) bond motifs is 4. The number of nitrogens with zero attached hydrogens (tertiary/aromatic N) is 1. The van der Waals surface area contributed by atoms with Gasteiger partial charge in [-0.3, -0.25) is 9.59 Å². The maximum atomic E-state index is 12.8. The fourth-order valence-corrected chi connectivity index (χ4v) is 8.02. The smallest absolute Gasteiger partial charge is 0.228 e. The van der Waals surface area contributed by atoms with Crippen LogP contribution in [0.15, 0.2) is 30.3 Å². The second kappa shape index (κ2) is 7.05. The molecule has 4 unspecified atom stereocenters. The lowest BCUT2D eigenvalue weighted by Crippen LogP contribution is -2.34. The molecule has 2 spiro atoms. The molecule has 4 saturated carbocycles. The van der Waals surface area contributed by atoms with Crippen LogP contribution in [-0.4, -0.2) is 47.1 Å². The second-order valence-corrected chi connectivity index (χ2v) is 12.1. The molecular weight excluding hydrogens is 416 g/mol. The van der Waals surface area contributed by atoms with Crippen molar-refractivity contribution in [3.8, 4) is 0 Å². The van der Waals surface area contributed by atoms with Gasteiger partial charge in [-0.05, 0) is 74.0 Å². The number of ether oxygens (including phenoxy) is 1. The summed E-state index contributed by atoms with van der Waals surface area (Å²) in [6, 6.07) is 10.6. The monoisotopic (exact) mass is 450 g/mol. The van der Waals surface area contributed by atoms with Crippen molar-refractivity contribution in [1.29, 1.82) is 0 Å². The van der Waals surface area contributed by atoms with Gasteiger partial charge in [0.2, 0.25) is 11.8 Å². The molecule has 0 bridgehead atoms. The summed E-state index contributed by atoms with van der Waals surface area (Å²) >= 11 is 0. The maximum Gasteiger partial charge on any atom is 0.228 e. The van der Waals surface area contributed by atoms with Crippen LogP contribution < -0.4 is 5.32 Å². The molecule has 7 aliphatic rings. The van der Waals surface area contributed by atoms with E-state index in [1.807, 2.05) is 18.2 Å². The van der Waals surface area contributed by atoms with E-state index in [1.54, 1.807) is 0 Å². The summed E-state index contributed by atoms with van der Waals surface area (Å²) < 4.78 is 5.98. The quantitative estimate of drug-likeness (QED) is 0.726. The highest BCUT2D eigenvalue weighted by Crippen LogP contribution is 2.66. The second-order valence-electron chi connectivity index (χ2n) is 12.1. The Morgan fingerprint density at radius 1 is 0.939 bits per heavy atom. The van der Waals surface area contributed by atoms with Gasteiger partial charge in [0.25, 0.3) is 0 Å². The summed E-state index contributed by atoms with van der Waals surface area (Å²) in [5.41, 5.74) is 2.20. The van der Waals surface area contributed by atoms with E-state index in [1.165, 1.54) is 38.5 Å².